The highest BCUT2D eigenvalue weighted by atomic mass is 32.2. The van der Waals surface area contributed by atoms with Gasteiger partial charge in [0.15, 0.2) is 5.13 Å². The quantitative estimate of drug-likeness (QED) is 0.116. The van der Waals surface area contributed by atoms with E-state index in [1.165, 1.54) is 34.9 Å². The normalized spacial score (nSPS) is 11.6. The van der Waals surface area contributed by atoms with E-state index in [1.807, 2.05) is 13.0 Å². The number of anilines is 2. The van der Waals surface area contributed by atoms with Crippen LogP contribution in [0.1, 0.15) is 42.2 Å². The SMILES string of the molecule is CCCCCNc1nc(C)c(-c2ccc(OC)c(N(CCOc3ccc(C(=O)NO)cc3)S(=O)[O-])c2)s1. The molecule has 200 valence electrons. The molecule has 0 saturated heterocycles. The van der Waals surface area contributed by atoms with Crippen LogP contribution in [0.15, 0.2) is 42.5 Å². The summed E-state index contributed by atoms with van der Waals surface area (Å²) in [6.45, 7) is 5.03. The molecule has 12 heteroatoms. The Hall–Kier alpha value is -3.19. The van der Waals surface area contributed by atoms with Crippen LogP contribution < -0.4 is 24.6 Å². The largest absolute Gasteiger partial charge is 0.755 e. The summed E-state index contributed by atoms with van der Waals surface area (Å²) < 4.78 is 36.7. The monoisotopic (exact) mass is 547 g/mol. The Morgan fingerprint density at radius 3 is 2.62 bits per heavy atom. The van der Waals surface area contributed by atoms with Gasteiger partial charge < -0.3 is 19.3 Å². The van der Waals surface area contributed by atoms with E-state index in [4.69, 9.17) is 14.7 Å². The zero-order valence-corrected chi connectivity index (χ0v) is 22.6. The number of methoxy groups -OCH3 is 1. The lowest BCUT2D eigenvalue weighted by Crippen LogP contribution is -2.30. The first-order valence-electron chi connectivity index (χ1n) is 11.8. The number of rotatable bonds is 14. The lowest BCUT2D eigenvalue weighted by atomic mass is 10.1. The summed E-state index contributed by atoms with van der Waals surface area (Å²) in [5.41, 5.74) is 3.90. The van der Waals surface area contributed by atoms with Crippen molar-refractivity contribution in [3.05, 3.63) is 53.7 Å². The van der Waals surface area contributed by atoms with Gasteiger partial charge in [-0.2, -0.15) is 0 Å². The highest BCUT2D eigenvalue weighted by Crippen LogP contribution is 2.38. The summed E-state index contributed by atoms with van der Waals surface area (Å²) in [6, 6.07) is 11.5. The Bertz CT molecular complexity index is 1200. The number of aromatic nitrogens is 1. The molecule has 3 rings (SSSR count). The number of carbonyl (C=O) groups is 1. The number of thiazole rings is 1. The Morgan fingerprint density at radius 1 is 1.22 bits per heavy atom. The molecule has 10 nitrogen and oxygen atoms in total. The molecular weight excluding hydrogens is 516 g/mol. The molecule has 1 atom stereocenters. The van der Waals surface area contributed by atoms with E-state index >= 15 is 0 Å². The number of carbonyl (C=O) groups excluding carboxylic acids is 1. The van der Waals surface area contributed by atoms with Gasteiger partial charge in [0.05, 0.1) is 29.9 Å². The van der Waals surface area contributed by atoms with Crippen molar-refractivity contribution in [2.45, 2.75) is 33.1 Å². The van der Waals surface area contributed by atoms with Crippen LogP contribution in [0.3, 0.4) is 0 Å². The van der Waals surface area contributed by atoms with Gasteiger partial charge >= 0.3 is 0 Å². The molecule has 0 spiro atoms. The van der Waals surface area contributed by atoms with Crippen molar-refractivity contribution in [3.63, 3.8) is 0 Å². The number of hydrogen-bond acceptors (Lipinski definition) is 9. The van der Waals surface area contributed by atoms with Crippen LogP contribution in [-0.2, 0) is 11.3 Å². The molecule has 3 N–H and O–H groups in total. The minimum Gasteiger partial charge on any atom is -0.755 e. The van der Waals surface area contributed by atoms with Gasteiger partial charge in [-0.25, -0.2) is 10.5 Å². The number of amides is 1. The fourth-order valence-corrected chi connectivity index (χ4v) is 5.14. The summed E-state index contributed by atoms with van der Waals surface area (Å²) in [4.78, 5) is 17.0. The number of unbranched alkanes of at least 4 members (excludes halogenated alkanes) is 2. The van der Waals surface area contributed by atoms with E-state index in [1.54, 1.807) is 29.7 Å². The number of hydrogen-bond donors (Lipinski definition) is 3. The first-order chi connectivity index (χ1) is 17.9. The number of ether oxygens (including phenoxy) is 2. The maximum atomic E-state index is 12.2. The van der Waals surface area contributed by atoms with Crippen LogP contribution in [0.2, 0.25) is 0 Å². The second kappa shape index (κ2) is 13.9. The molecule has 3 aromatic rings. The third kappa shape index (κ3) is 7.65. The minimum absolute atomic E-state index is 0.0285. The standard InChI is InChI=1S/C25H32N4O6S2/c1-4-5-6-13-26-25-27-17(2)23(36-25)19-9-12-22(34-3)21(16-19)29(37(32)33)14-15-35-20-10-7-18(8-11-20)24(30)28-31/h7-12,16,31H,4-6,13-15H2,1-3H3,(H,26,27)(H,28,30)(H,32,33)/p-1. The van der Waals surface area contributed by atoms with Gasteiger partial charge in [-0.05, 0) is 61.4 Å². The molecular formula is C25H31N4O6S2-. The molecule has 1 aromatic heterocycles. The zero-order chi connectivity index (χ0) is 26.8. The van der Waals surface area contributed by atoms with Gasteiger partial charge in [0.1, 0.15) is 18.1 Å². The van der Waals surface area contributed by atoms with Crippen LogP contribution >= 0.6 is 11.3 Å². The third-order valence-corrected chi connectivity index (χ3v) is 7.43. The topological polar surface area (TPSA) is 136 Å². The van der Waals surface area contributed by atoms with Crippen LogP contribution in [0.4, 0.5) is 10.8 Å². The lowest BCUT2D eigenvalue weighted by Gasteiger charge is -2.28. The van der Waals surface area contributed by atoms with Crippen LogP contribution in [-0.4, -0.2) is 51.7 Å². The smallest absolute Gasteiger partial charge is 0.274 e. The molecule has 1 unspecified atom stereocenters. The van der Waals surface area contributed by atoms with Crippen molar-refractivity contribution >= 4 is 39.3 Å². The molecule has 37 heavy (non-hydrogen) atoms. The molecule has 0 aliphatic carbocycles. The van der Waals surface area contributed by atoms with Crippen molar-refractivity contribution < 1.29 is 28.2 Å². The minimum atomic E-state index is -2.59. The zero-order valence-electron chi connectivity index (χ0n) is 21.0. The molecule has 1 heterocycles. The highest BCUT2D eigenvalue weighted by Gasteiger charge is 2.17. The fourth-order valence-electron chi connectivity index (χ4n) is 3.63. The fraction of sp³-hybridized carbons (Fsp3) is 0.360. The molecule has 1 amide bonds. The molecule has 0 aliphatic heterocycles. The molecule has 0 fully saturated rings. The predicted molar refractivity (Wildman–Crippen MR) is 144 cm³/mol. The number of nitrogens with one attached hydrogen (secondary N) is 2. The molecule has 0 bridgehead atoms. The Labute approximate surface area is 223 Å². The number of aryl methyl sites for hydroxylation is 1. The van der Waals surface area contributed by atoms with E-state index in [-0.39, 0.29) is 18.7 Å². The van der Waals surface area contributed by atoms with E-state index in [9.17, 15) is 13.6 Å². The molecule has 0 aliphatic rings. The molecule has 0 saturated carbocycles. The van der Waals surface area contributed by atoms with Crippen LogP contribution in [0.25, 0.3) is 10.4 Å². The van der Waals surface area contributed by atoms with Gasteiger partial charge in [0.2, 0.25) is 0 Å². The Kier molecular flexibility index (Phi) is 10.7. The molecule has 2 aromatic carbocycles. The van der Waals surface area contributed by atoms with Gasteiger partial charge in [-0.3, -0.25) is 18.5 Å². The van der Waals surface area contributed by atoms with E-state index < -0.39 is 17.2 Å². The Balaban J connectivity index is 1.75. The number of nitrogens with zero attached hydrogens (tertiary/aromatic N) is 2. The summed E-state index contributed by atoms with van der Waals surface area (Å²) in [7, 11) is 1.49. The first kappa shape index (κ1) is 28.4. The average Bonchev–Trinajstić information content (AvgIpc) is 3.28. The predicted octanol–water partition coefficient (Wildman–Crippen LogP) is 4.53. The van der Waals surface area contributed by atoms with Crippen LogP contribution in [0, 0.1) is 6.92 Å². The van der Waals surface area contributed by atoms with Crippen molar-refractivity contribution in [3.8, 4) is 21.9 Å². The van der Waals surface area contributed by atoms with Gasteiger partial charge in [-0.1, -0.05) is 31.1 Å². The summed E-state index contributed by atoms with van der Waals surface area (Å²) in [5.74, 6) is 0.223. The summed E-state index contributed by atoms with van der Waals surface area (Å²) in [6.07, 6.45) is 3.38. The van der Waals surface area contributed by atoms with E-state index in [2.05, 4.69) is 17.2 Å². The van der Waals surface area contributed by atoms with E-state index in [0.29, 0.717) is 17.2 Å². The van der Waals surface area contributed by atoms with E-state index in [0.717, 1.165) is 47.1 Å². The maximum absolute atomic E-state index is 12.2. The highest BCUT2D eigenvalue weighted by molar-refractivity contribution is 7.80. The third-order valence-electron chi connectivity index (χ3n) is 5.52. The molecule has 0 radical (unpaired) electrons. The van der Waals surface area contributed by atoms with Crippen molar-refractivity contribution in [2.75, 3.05) is 36.4 Å². The number of benzene rings is 2. The number of hydroxylamine groups is 1. The second-order valence-electron chi connectivity index (χ2n) is 8.09. The van der Waals surface area contributed by atoms with Crippen molar-refractivity contribution in [1.29, 1.82) is 0 Å². The summed E-state index contributed by atoms with van der Waals surface area (Å²) in [5, 5.41) is 12.9. The van der Waals surface area contributed by atoms with Crippen LogP contribution in [0.5, 0.6) is 11.5 Å². The van der Waals surface area contributed by atoms with Gasteiger partial charge in [-0.15, -0.1) is 0 Å². The lowest BCUT2D eigenvalue weighted by molar-refractivity contribution is 0.0706. The van der Waals surface area contributed by atoms with Gasteiger partial charge in [0, 0.05) is 23.4 Å². The van der Waals surface area contributed by atoms with Crippen molar-refractivity contribution in [2.24, 2.45) is 0 Å². The maximum Gasteiger partial charge on any atom is 0.274 e. The average molecular weight is 548 g/mol. The second-order valence-corrected chi connectivity index (χ2v) is 9.96. The Morgan fingerprint density at radius 2 is 1.97 bits per heavy atom. The summed E-state index contributed by atoms with van der Waals surface area (Å²) >= 11 is -1.06. The first-order valence-corrected chi connectivity index (χ1v) is 13.7. The van der Waals surface area contributed by atoms with Crippen molar-refractivity contribution in [1.82, 2.24) is 10.5 Å². The van der Waals surface area contributed by atoms with Gasteiger partial charge in [0.25, 0.3) is 5.91 Å².